The van der Waals surface area contributed by atoms with E-state index in [-0.39, 0.29) is 11.7 Å². The van der Waals surface area contributed by atoms with Crippen LogP contribution in [-0.2, 0) is 11.3 Å². The number of amides is 1. The molecule has 7 nitrogen and oxygen atoms in total. The van der Waals surface area contributed by atoms with Gasteiger partial charge < -0.3 is 14.8 Å². The van der Waals surface area contributed by atoms with E-state index in [4.69, 9.17) is 0 Å². The lowest BCUT2D eigenvalue weighted by molar-refractivity contribution is -0.113. The number of anilines is 1. The molecule has 0 aliphatic rings. The Hall–Kier alpha value is -1.98. The summed E-state index contributed by atoms with van der Waals surface area (Å²) in [6, 6.07) is 11.6. The van der Waals surface area contributed by atoms with Gasteiger partial charge >= 0.3 is 0 Å². The van der Waals surface area contributed by atoms with Crippen LogP contribution >= 0.6 is 34.4 Å². The fourth-order valence-electron chi connectivity index (χ4n) is 2.75. The summed E-state index contributed by atoms with van der Waals surface area (Å²) in [6.45, 7) is 1.74. The maximum Gasteiger partial charge on any atom is 0.234 e. The molecule has 3 rings (SSSR count). The van der Waals surface area contributed by atoms with Crippen molar-refractivity contribution in [1.29, 1.82) is 0 Å². The molecule has 1 aromatic carbocycles. The molecule has 0 radical (unpaired) electrons. The Kier molecular flexibility index (Phi) is 8.01. The Balaban J connectivity index is 1.70. The minimum Gasteiger partial charge on any atom is -0.325 e. The van der Waals surface area contributed by atoms with Gasteiger partial charge in [-0.15, -0.1) is 10.2 Å². The number of halogens is 1. The highest BCUT2D eigenvalue weighted by Gasteiger charge is 2.16. The highest BCUT2D eigenvalue weighted by atomic mass is 127. The summed E-state index contributed by atoms with van der Waals surface area (Å²) in [4.78, 5) is 18.6. The van der Waals surface area contributed by atoms with Crippen LogP contribution in [0.4, 0.5) is 5.69 Å². The van der Waals surface area contributed by atoms with Gasteiger partial charge in [0.1, 0.15) is 0 Å². The number of rotatable bonds is 9. The van der Waals surface area contributed by atoms with Gasteiger partial charge in [0.05, 0.1) is 5.75 Å². The lowest BCUT2D eigenvalue weighted by Crippen LogP contribution is -2.16. The molecular weight excluding hydrogens is 499 g/mol. The van der Waals surface area contributed by atoms with Crippen LogP contribution in [0.25, 0.3) is 11.4 Å². The van der Waals surface area contributed by atoms with Crippen molar-refractivity contribution in [3.8, 4) is 11.4 Å². The topological polar surface area (TPSA) is 75.9 Å². The van der Waals surface area contributed by atoms with Gasteiger partial charge in [-0.1, -0.05) is 17.8 Å². The van der Waals surface area contributed by atoms with E-state index < -0.39 is 0 Å². The number of nitrogens with zero attached hydrogens (tertiary/aromatic N) is 5. The van der Waals surface area contributed by atoms with Crippen molar-refractivity contribution in [3.63, 3.8) is 0 Å². The van der Waals surface area contributed by atoms with Crippen LogP contribution in [0.5, 0.6) is 0 Å². The number of benzene rings is 1. The average molecular weight is 522 g/mol. The maximum absolute atomic E-state index is 12.4. The first-order valence-electron chi connectivity index (χ1n) is 9.19. The summed E-state index contributed by atoms with van der Waals surface area (Å²) in [5.74, 6) is 1.00. The van der Waals surface area contributed by atoms with Gasteiger partial charge in [-0.05, 0) is 80.0 Å². The fraction of sp³-hybridized carbons (Fsp3) is 0.300. The number of pyridine rings is 1. The summed E-state index contributed by atoms with van der Waals surface area (Å²) in [5, 5.41) is 12.4. The predicted octanol–water partition coefficient (Wildman–Crippen LogP) is 3.63. The Bertz CT molecular complexity index is 947. The van der Waals surface area contributed by atoms with Crippen LogP contribution < -0.4 is 5.32 Å². The zero-order chi connectivity index (χ0) is 20.6. The van der Waals surface area contributed by atoms with E-state index in [1.807, 2.05) is 36.4 Å². The highest BCUT2D eigenvalue weighted by molar-refractivity contribution is 14.1. The van der Waals surface area contributed by atoms with Crippen LogP contribution in [0.1, 0.15) is 6.42 Å². The minimum absolute atomic E-state index is 0.0645. The van der Waals surface area contributed by atoms with E-state index >= 15 is 0 Å². The zero-order valence-corrected chi connectivity index (χ0v) is 19.4. The first-order chi connectivity index (χ1) is 14.0. The highest BCUT2D eigenvalue weighted by Crippen LogP contribution is 2.24. The number of hydrogen-bond donors (Lipinski definition) is 1. The van der Waals surface area contributed by atoms with E-state index in [2.05, 4.69) is 66.7 Å². The van der Waals surface area contributed by atoms with Crippen LogP contribution in [0.2, 0.25) is 0 Å². The van der Waals surface area contributed by atoms with Crippen LogP contribution in [0, 0.1) is 3.57 Å². The van der Waals surface area contributed by atoms with Gasteiger partial charge in [-0.25, -0.2) is 0 Å². The largest absolute Gasteiger partial charge is 0.325 e. The molecule has 0 saturated heterocycles. The van der Waals surface area contributed by atoms with Crippen molar-refractivity contribution in [1.82, 2.24) is 24.6 Å². The van der Waals surface area contributed by atoms with Crippen molar-refractivity contribution in [2.75, 3.05) is 31.7 Å². The minimum atomic E-state index is -0.0645. The first-order valence-corrected chi connectivity index (χ1v) is 11.3. The third-order valence-corrected chi connectivity index (χ3v) is 5.72. The number of aromatic nitrogens is 4. The number of nitrogens with one attached hydrogen (secondary N) is 1. The Morgan fingerprint density at radius 2 is 2.00 bits per heavy atom. The molecule has 0 spiro atoms. The van der Waals surface area contributed by atoms with Crippen molar-refractivity contribution in [2.45, 2.75) is 18.1 Å². The number of thioether (sulfide) groups is 1. The van der Waals surface area contributed by atoms with Gasteiger partial charge in [0.25, 0.3) is 0 Å². The SMILES string of the molecule is CN(C)CCCn1c(SCC(=O)Nc2cccc(I)c2)nnc1-c1ccncc1. The summed E-state index contributed by atoms with van der Waals surface area (Å²) >= 11 is 3.63. The van der Waals surface area contributed by atoms with Crippen molar-refractivity contribution < 1.29 is 4.79 Å². The van der Waals surface area contributed by atoms with E-state index in [9.17, 15) is 4.79 Å². The second kappa shape index (κ2) is 10.7. The standard InChI is InChI=1S/C20H23IN6OS/c1-26(2)11-4-12-27-19(15-7-9-22-10-8-15)24-25-20(27)29-14-18(28)23-17-6-3-5-16(21)13-17/h3,5-10,13H,4,11-12,14H2,1-2H3,(H,23,28). The fourth-order valence-corrected chi connectivity index (χ4v) is 4.06. The molecule has 0 bridgehead atoms. The van der Waals surface area contributed by atoms with Crippen molar-refractivity contribution in [2.24, 2.45) is 0 Å². The normalized spacial score (nSPS) is 11.0. The molecule has 152 valence electrons. The summed E-state index contributed by atoms with van der Waals surface area (Å²) < 4.78 is 3.16. The maximum atomic E-state index is 12.4. The lowest BCUT2D eigenvalue weighted by atomic mass is 10.2. The van der Waals surface area contributed by atoms with Crippen LogP contribution in [0.15, 0.2) is 53.9 Å². The number of hydrogen-bond acceptors (Lipinski definition) is 6. The van der Waals surface area contributed by atoms with E-state index in [1.165, 1.54) is 11.8 Å². The van der Waals surface area contributed by atoms with E-state index in [1.54, 1.807) is 12.4 Å². The average Bonchev–Trinajstić information content (AvgIpc) is 3.09. The van der Waals surface area contributed by atoms with Gasteiger partial charge in [-0.2, -0.15) is 0 Å². The number of carbonyl (C=O) groups excluding carboxylic acids is 1. The molecule has 0 unspecified atom stereocenters. The molecule has 0 saturated carbocycles. The van der Waals surface area contributed by atoms with E-state index in [0.29, 0.717) is 0 Å². The Morgan fingerprint density at radius 1 is 1.21 bits per heavy atom. The first kappa shape index (κ1) is 21.7. The second-order valence-electron chi connectivity index (χ2n) is 6.70. The van der Waals surface area contributed by atoms with Crippen molar-refractivity contribution in [3.05, 3.63) is 52.4 Å². The molecule has 2 aromatic heterocycles. The predicted molar refractivity (Wildman–Crippen MR) is 125 cm³/mol. The molecule has 2 heterocycles. The molecule has 9 heteroatoms. The summed E-state index contributed by atoms with van der Waals surface area (Å²) in [7, 11) is 4.11. The van der Waals surface area contributed by atoms with Crippen LogP contribution in [0.3, 0.4) is 0 Å². The molecule has 1 N–H and O–H groups in total. The van der Waals surface area contributed by atoms with Gasteiger partial charge in [0, 0.05) is 33.8 Å². The molecule has 29 heavy (non-hydrogen) atoms. The molecule has 0 atom stereocenters. The molecule has 3 aromatic rings. The third kappa shape index (κ3) is 6.51. The molecule has 0 aliphatic carbocycles. The quantitative estimate of drug-likeness (QED) is 0.342. The van der Waals surface area contributed by atoms with Crippen molar-refractivity contribution >= 4 is 45.9 Å². The zero-order valence-electron chi connectivity index (χ0n) is 16.4. The monoisotopic (exact) mass is 522 g/mol. The Morgan fingerprint density at radius 3 is 2.72 bits per heavy atom. The van der Waals surface area contributed by atoms with Crippen LogP contribution in [-0.4, -0.2) is 56.9 Å². The Labute approximate surface area is 188 Å². The van der Waals surface area contributed by atoms with Gasteiger partial charge in [0.2, 0.25) is 5.91 Å². The molecular formula is C20H23IN6OS. The molecule has 1 amide bonds. The number of carbonyl (C=O) groups is 1. The summed E-state index contributed by atoms with van der Waals surface area (Å²) in [5.41, 5.74) is 1.76. The van der Waals surface area contributed by atoms with Gasteiger partial charge in [-0.3, -0.25) is 9.78 Å². The van der Waals surface area contributed by atoms with Gasteiger partial charge in [0.15, 0.2) is 11.0 Å². The lowest BCUT2D eigenvalue weighted by Gasteiger charge is -2.13. The second-order valence-corrected chi connectivity index (χ2v) is 8.89. The third-order valence-electron chi connectivity index (χ3n) is 4.08. The molecule has 0 fully saturated rings. The summed E-state index contributed by atoms with van der Waals surface area (Å²) in [6.07, 6.45) is 4.46. The smallest absolute Gasteiger partial charge is 0.234 e. The molecule has 0 aliphatic heterocycles. The van der Waals surface area contributed by atoms with E-state index in [0.717, 1.165) is 45.3 Å².